The summed E-state index contributed by atoms with van der Waals surface area (Å²) >= 11 is 0. The molecule has 0 bridgehead atoms. The van der Waals surface area contributed by atoms with Crippen molar-refractivity contribution in [1.82, 2.24) is 10.0 Å². The van der Waals surface area contributed by atoms with E-state index in [1.165, 1.54) is 24.3 Å². The molecule has 9 heteroatoms. The largest absolute Gasteiger partial charge is 0.491 e. The molecule has 0 saturated carbocycles. The van der Waals surface area contributed by atoms with Crippen molar-refractivity contribution >= 4 is 15.9 Å². The molecule has 0 unspecified atom stereocenters. The van der Waals surface area contributed by atoms with Crippen molar-refractivity contribution in [2.24, 2.45) is 0 Å². The molecule has 0 saturated heterocycles. The zero-order valence-corrected chi connectivity index (χ0v) is 15.7. The molecule has 1 amide bonds. The first-order valence-corrected chi connectivity index (χ1v) is 9.69. The summed E-state index contributed by atoms with van der Waals surface area (Å²) < 4.78 is 57.9. The zero-order chi connectivity index (χ0) is 20.0. The van der Waals surface area contributed by atoms with Gasteiger partial charge in [0, 0.05) is 12.1 Å². The Bertz CT molecular complexity index is 933. The third kappa shape index (κ3) is 5.48. The molecule has 0 fully saturated rings. The van der Waals surface area contributed by atoms with Gasteiger partial charge in [-0.2, -0.15) is 0 Å². The van der Waals surface area contributed by atoms with E-state index >= 15 is 0 Å². The van der Waals surface area contributed by atoms with Crippen molar-refractivity contribution in [2.75, 3.05) is 19.7 Å². The van der Waals surface area contributed by atoms with Crippen molar-refractivity contribution in [3.05, 3.63) is 59.2 Å². The van der Waals surface area contributed by atoms with Gasteiger partial charge in [-0.05, 0) is 48.9 Å². The Hall–Kier alpha value is -2.52. The lowest BCUT2D eigenvalue weighted by molar-refractivity contribution is 0.0946. The quantitative estimate of drug-likeness (QED) is 0.669. The van der Waals surface area contributed by atoms with Gasteiger partial charge in [0.05, 0.1) is 11.4 Å². The molecular weight excluding hydrogens is 378 g/mol. The number of nitrogens with one attached hydrogen (secondary N) is 2. The van der Waals surface area contributed by atoms with Crippen LogP contribution in [0.1, 0.15) is 22.8 Å². The van der Waals surface area contributed by atoms with Crippen LogP contribution in [-0.4, -0.2) is 34.0 Å². The topological polar surface area (TPSA) is 84.5 Å². The molecule has 0 atom stereocenters. The fourth-order valence-electron chi connectivity index (χ4n) is 2.29. The van der Waals surface area contributed by atoms with Crippen LogP contribution in [0.15, 0.2) is 41.3 Å². The first-order valence-electron chi connectivity index (χ1n) is 8.21. The van der Waals surface area contributed by atoms with E-state index in [4.69, 9.17) is 4.74 Å². The van der Waals surface area contributed by atoms with E-state index in [9.17, 15) is 22.0 Å². The molecule has 0 aliphatic heterocycles. The van der Waals surface area contributed by atoms with Crippen LogP contribution in [0.25, 0.3) is 0 Å². The number of hydrogen-bond donors (Lipinski definition) is 2. The van der Waals surface area contributed by atoms with Gasteiger partial charge in [0.2, 0.25) is 10.0 Å². The van der Waals surface area contributed by atoms with Crippen LogP contribution in [0.3, 0.4) is 0 Å². The molecule has 0 aliphatic rings. The minimum absolute atomic E-state index is 0.00284. The van der Waals surface area contributed by atoms with Crippen LogP contribution in [-0.2, 0) is 10.0 Å². The second-order valence-corrected chi connectivity index (χ2v) is 7.43. The van der Waals surface area contributed by atoms with E-state index in [2.05, 4.69) is 10.0 Å². The molecule has 146 valence electrons. The Kier molecular flexibility index (Phi) is 6.86. The minimum atomic E-state index is -3.54. The monoisotopic (exact) mass is 398 g/mol. The van der Waals surface area contributed by atoms with Crippen molar-refractivity contribution in [3.63, 3.8) is 0 Å². The Morgan fingerprint density at radius 3 is 2.48 bits per heavy atom. The van der Waals surface area contributed by atoms with Crippen molar-refractivity contribution in [1.29, 1.82) is 0 Å². The average Bonchev–Trinajstić information content (AvgIpc) is 2.61. The normalized spacial score (nSPS) is 11.3. The zero-order valence-electron chi connectivity index (χ0n) is 14.9. The van der Waals surface area contributed by atoms with Crippen LogP contribution >= 0.6 is 0 Å². The SMILES string of the molecule is CCNS(=O)(=O)c1ccc(OCCNC(=O)c2ccc(F)c(F)c2)c(C)c1. The number of carbonyl (C=O) groups excluding carboxylic acids is 1. The van der Waals surface area contributed by atoms with Crippen LogP contribution in [0, 0.1) is 18.6 Å². The summed E-state index contributed by atoms with van der Waals surface area (Å²) in [6.07, 6.45) is 0. The minimum Gasteiger partial charge on any atom is -0.491 e. The molecule has 27 heavy (non-hydrogen) atoms. The summed E-state index contributed by atoms with van der Waals surface area (Å²) in [6, 6.07) is 7.35. The Balaban J connectivity index is 1.90. The highest BCUT2D eigenvalue weighted by Gasteiger charge is 2.14. The van der Waals surface area contributed by atoms with E-state index in [1.54, 1.807) is 13.8 Å². The highest BCUT2D eigenvalue weighted by Crippen LogP contribution is 2.21. The first-order chi connectivity index (χ1) is 12.7. The maximum absolute atomic E-state index is 13.1. The lowest BCUT2D eigenvalue weighted by Crippen LogP contribution is -2.28. The molecule has 0 heterocycles. The predicted octanol–water partition coefficient (Wildman–Crippen LogP) is 2.38. The van der Waals surface area contributed by atoms with Gasteiger partial charge in [0.25, 0.3) is 5.91 Å². The summed E-state index contributed by atoms with van der Waals surface area (Å²) in [4.78, 5) is 12.0. The van der Waals surface area contributed by atoms with E-state index in [0.717, 1.165) is 12.1 Å². The molecule has 0 aromatic heterocycles. The smallest absolute Gasteiger partial charge is 0.251 e. The fourth-order valence-corrected chi connectivity index (χ4v) is 3.42. The summed E-state index contributed by atoms with van der Waals surface area (Å²) in [5.41, 5.74) is 0.629. The second kappa shape index (κ2) is 8.92. The van der Waals surface area contributed by atoms with Crippen molar-refractivity contribution < 1.29 is 26.7 Å². The van der Waals surface area contributed by atoms with Gasteiger partial charge in [-0.15, -0.1) is 0 Å². The number of rotatable bonds is 8. The number of hydrogen-bond acceptors (Lipinski definition) is 4. The number of carbonyl (C=O) groups is 1. The molecule has 2 aromatic carbocycles. The summed E-state index contributed by atoms with van der Waals surface area (Å²) in [6.45, 7) is 3.94. The number of ether oxygens (including phenoxy) is 1. The Labute approximate surface area is 156 Å². The van der Waals surface area contributed by atoms with Gasteiger partial charge >= 0.3 is 0 Å². The maximum Gasteiger partial charge on any atom is 0.251 e. The Morgan fingerprint density at radius 1 is 1.11 bits per heavy atom. The van der Waals surface area contributed by atoms with Gasteiger partial charge in [-0.25, -0.2) is 21.9 Å². The predicted molar refractivity (Wildman–Crippen MR) is 96.2 cm³/mol. The molecule has 0 aliphatic carbocycles. The summed E-state index contributed by atoms with van der Waals surface area (Å²) in [5, 5.41) is 2.53. The first kappa shape index (κ1) is 20.8. The highest BCUT2D eigenvalue weighted by atomic mass is 32.2. The van der Waals surface area contributed by atoms with Crippen LogP contribution < -0.4 is 14.8 Å². The Morgan fingerprint density at radius 2 is 1.85 bits per heavy atom. The number of aryl methyl sites for hydroxylation is 1. The van der Waals surface area contributed by atoms with E-state index in [1.807, 2.05) is 0 Å². The molecule has 0 radical (unpaired) electrons. The average molecular weight is 398 g/mol. The second-order valence-electron chi connectivity index (χ2n) is 5.66. The van der Waals surface area contributed by atoms with Gasteiger partial charge in [-0.3, -0.25) is 4.79 Å². The van der Waals surface area contributed by atoms with Crippen LogP contribution in [0.5, 0.6) is 5.75 Å². The van der Waals surface area contributed by atoms with Gasteiger partial charge < -0.3 is 10.1 Å². The molecule has 2 rings (SSSR count). The van der Waals surface area contributed by atoms with Crippen molar-refractivity contribution in [3.8, 4) is 5.75 Å². The van der Waals surface area contributed by atoms with E-state index in [0.29, 0.717) is 11.3 Å². The molecular formula is C18H20F2N2O4S. The molecule has 6 nitrogen and oxygen atoms in total. The number of halogens is 2. The van der Waals surface area contributed by atoms with Crippen LogP contribution in [0.2, 0.25) is 0 Å². The number of sulfonamides is 1. The van der Waals surface area contributed by atoms with E-state index in [-0.39, 0.29) is 30.2 Å². The van der Waals surface area contributed by atoms with Gasteiger partial charge in [0.15, 0.2) is 11.6 Å². The van der Waals surface area contributed by atoms with Gasteiger partial charge in [0.1, 0.15) is 12.4 Å². The summed E-state index contributed by atoms with van der Waals surface area (Å²) in [5.74, 6) is -2.19. The highest BCUT2D eigenvalue weighted by molar-refractivity contribution is 7.89. The maximum atomic E-state index is 13.1. The lowest BCUT2D eigenvalue weighted by atomic mass is 10.2. The van der Waals surface area contributed by atoms with Crippen molar-refractivity contribution in [2.45, 2.75) is 18.7 Å². The summed E-state index contributed by atoms with van der Waals surface area (Å²) in [7, 11) is -3.54. The molecule has 2 N–H and O–H groups in total. The molecule has 0 spiro atoms. The standard InChI is InChI=1S/C18H20F2N2O4S/c1-3-22-27(24,25)14-5-7-17(12(2)10-14)26-9-8-21-18(23)13-4-6-15(19)16(20)11-13/h4-7,10-11,22H,3,8-9H2,1-2H3,(H,21,23). The lowest BCUT2D eigenvalue weighted by Gasteiger charge is -2.12. The number of benzene rings is 2. The van der Waals surface area contributed by atoms with E-state index < -0.39 is 27.6 Å². The third-order valence-corrected chi connectivity index (χ3v) is 5.16. The number of amides is 1. The third-order valence-electron chi connectivity index (χ3n) is 3.62. The van der Waals surface area contributed by atoms with Gasteiger partial charge in [-0.1, -0.05) is 6.92 Å². The fraction of sp³-hybridized carbons (Fsp3) is 0.278. The van der Waals surface area contributed by atoms with Crippen LogP contribution in [0.4, 0.5) is 8.78 Å². The molecule has 2 aromatic rings.